The van der Waals surface area contributed by atoms with Crippen LogP contribution >= 0.6 is 0 Å². The van der Waals surface area contributed by atoms with Gasteiger partial charge in [0.15, 0.2) is 0 Å². The fraction of sp³-hybridized carbons (Fsp3) is 1.00. The van der Waals surface area contributed by atoms with Gasteiger partial charge in [-0.1, -0.05) is 40.5 Å². The molecule has 0 radical (unpaired) electrons. The van der Waals surface area contributed by atoms with Gasteiger partial charge < -0.3 is 10.2 Å². The Hall–Kier alpha value is -0.0800. The van der Waals surface area contributed by atoms with E-state index in [2.05, 4.69) is 58.7 Å². The number of hydrogen-bond donors (Lipinski definition) is 1. The summed E-state index contributed by atoms with van der Waals surface area (Å²) in [6, 6.07) is 0. The highest BCUT2D eigenvalue weighted by molar-refractivity contribution is 4.84. The number of nitrogens with one attached hydrogen (secondary N) is 1. The number of hydrogen-bond acceptors (Lipinski definition) is 2. The van der Waals surface area contributed by atoms with E-state index in [1.54, 1.807) is 0 Å². The van der Waals surface area contributed by atoms with E-state index in [4.69, 9.17) is 0 Å². The van der Waals surface area contributed by atoms with Crippen LogP contribution in [0.1, 0.15) is 74.1 Å². The minimum Gasteiger partial charge on any atom is -0.311 e. The number of unbranched alkanes of at least 4 members (excludes halogenated alkanes) is 1. The molecule has 116 valence electrons. The summed E-state index contributed by atoms with van der Waals surface area (Å²) >= 11 is 0. The molecule has 0 aromatic heterocycles. The summed E-state index contributed by atoms with van der Waals surface area (Å²) in [5.74, 6) is 0. The molecule has 2 heteroatoms. The average molecular weight is 271 g/mol. The second kappa shape index (κ2) is 8.97. The first-order valence-corrected chi connectivity index (χ1v) is 8.23. The van der Waals surface area contributed by atoms with Gasteiger partial charge in [-0.2, -0.15) is 0 Å². The molecule has 0 aliphatic heterocycles. The molecule has 0 heterocycles. The molecule has 0 saturated carbocycles. The third-order valence-corrected chi connectivity index (χ3v) is 3.78. The molecule has 1 N–H and O–H groups in total. The topological polar surface area (TPSA) is 15.3 Å². The molecule has 1 atom stereocenters. The zero-order valence-electron chi connectivity index (χ0n) is 14.6. The maximum atomic E-state index is 3.71. The lowest BCUT2D eigenvalue weighted by Gasteiger charge is -2.37. The van der Waals surface area contributed by atoms with E-state index in [1.807, 2.05) is 0 Å². The Kier molecular flexibility index (Phi) is 8.93. The Labute approximate surface area is 122 Å². The highest BCUT2D eigenvalue weighted by Gasteiger charge is 2.27. The van der Waals surface area contributed by atoms with Crippen LogP contribution in [-0.2, 0) is 0 Å². The van der Waals surface area contributed by atoms with Gasteiger partial charge in [0, 0.05) is 18.6 Å². The summed E-state index contributed by atoms with van der Waals surface area (Å²) in [7, 11) is 0. The Morgan fingerprint density at radius 3 is 2.00 bits per heavy atom. The quantitative estimate of drug-likeness (QED) is 0.636. The van der Waals surface area contributed by atoms with Gasteiger partial charge in [-0.05, 0) is 52.1 Å². The van der Waals surface area contributed by atoms with Crippen LogP contribution in [-0.4, -0.2) is 36.6 Å². The van der Waals surface area contributed by atoms with Crippen molar-refractivity contribution in [2.75, 3.05) is 26.2 Å². The van der Waals surface area contributed by atoms with Crippen molar-refractivity contribution in [2.24, 2.45) is 5.41 Å². The van der Waals surface area contributed by atoms with Crippen LogP contribution in [0.25, 0.3) is 0 Å². The highest BCUT2D eigenvalue weighted by atomic mass is 15.1. The number of nitrogens with zero attached hydrogens (tertiary/aromatic N) is 1. The van der Waals surface area contributed by atoms with Crippen LogP contribution in [0.2, 0.25) is 0 Å². The summed E-state index contributed by atoms with van der Waals surface area (Å²) in [4.78, 5) is 2.63. The second-order valence-corrected chi connectivity index (χ2v) is 7.39. The summed E-state index contributed by atoms with van der Waals surface area (Å²) in [6.07, 6.45) is 5.19. The van der Waals surface area contributed by atoms with Crippen LogP contribution in [0.15, 0.2) is 0 Å². The van der Waals surface area contributed by atoms with E-state index >= 15 is 0 Å². The molecule has 19 heavy (non-hydrogen) atoms. The van der Waals surface area contributed by atoms with E-state index in [0.29, 0.717) is 5.41 Å². The molecule has 0 spiro atoms. The number of rotatable bonds is 10. The third kappa shape index (κ3) is 9.45. The second-order valence-electron chi connectivity index (χ2n) is 7.39. The normalized spacial score (nSPS) is 15.8. The molecule has 0 saturated heterocycles. The lowest BCUT2D eigenvalue weighted by atomic mass is 9.84. The van der Waals surface area contributed by atoms with E-state index < -0.39 is 0 Å². The van der Waals surface area contributed by atoms with Crippen molar-refractivity contribution in [3.05, 3.63) is 0 Å². The molecule has 2 nitrogen and oxygen atoms in total. The summed E-state index contributed by atoms with van der Waals surface area (Å²) in [5, 5.41) is 3.71. The van der Waals surface area contributed by atoms with Crippen LogP contribution in [0.5, 0.6) is 0 Å². The lowest BCUT2D eigenvalue weighted by Crippen LogP contribution is -2.47. The van der Waals surface area contributed by atoms with Gasteiger partial charge in [-0.15, -0.1) is 0 Å². The van der Waals surface area contributed by atoms with Crippen molar-refractivity contribution in [3.8, 4) is 0 Å². The van der Waals surface area contributed by atoms with Crippen molar-refractivity contribution in [2.45, 2.75) is 79.7 Å². The molecule has 0 aliphatic carbocycles. The minimum absolute atomic E-state index is 0.218. The highest BCUT2D eigenvalue weighted by Crippen LogP contribution is 2.25. The monoisotopic (exact) mass is 270 g/mol. The SMILES string of the molecule is CCCCN(CC)CC(C)(CCC)CNC(C)(C)C. The molecule has 0 aromatic carbocycles. The van der Waals surface area contributed by atoms with Crippen LogP contribution in [0.3, 0.4) is 0 Å². The first kappa shape index (κ1) is 18.9. The molecule has 0 amide bonds. The fourth-order valence-electron chi connectivity index (χ4n) is 2.58. The van der Waals surface area contributed by atoms with Crippen molar-refractivity contribution in [1.82, 2.24) is 10.2 Å². The molecule has 1 unspecified atom stereocenters. The maximum absolute atomic E-state index is 3.71. The Balaban J connectivity index is 4.48. The van der Waals surface area contributed by atoms with Gasteiger partial charge >= 0.3 is 0 Å². The van der Waals surface area contributed by atoms with Crippen molar-refractivity contribution in [3.63, 3.8) is 0 Å². The smallest absolute Gasteiger partial charge is 0.00967 e. The van der Waals surface area contributed by atoms with Gasteiger partial charge in [-0.3, -0.25) is 0 Å². The molecule has 0 rings (SSSR count). The van der Waals surface area contributed by atoms with Crippen LogP contribution in [0, 0.1) is 5.41 Å². The predicted molar refractivity (Wildman–Crippen MR) is 87.8 cm³/mol. The van der Waals surface area contributed by atoms with Crippen molar-refractivity contribution >= 4 is 0 Å². The van der Waals surface area contributed by atoms with Gasteiger partial charge in [0.1, 0.15) is 0 Å². The first-order chi connectivity index (χ1) is 8.76. The average Bonchev–Trinajstić information content (AvgIpc) is 2.32. The van der Waals surface area contributed by atoms with E-state index in [9.17, 15) is 0 Å². The standard InChI is InChI=1S/C17H38N2/c1-8-11-13-19(10-3)15-17(7,12-9-2)14-18-16(4,5)6/h18H,8-15H2,1-7H3. The summed E-state index contributed by atoms with van der Waals surface area (Å²) in [5.41, 5.74) is 0.612. The van der Waals surface area contributed by atoms with Crippen molar-refractivity contribution < 1.29 is 0 Å². The zero-order valence-corrected chi connectivity index (χ0v) is 14.6. The van der Waals surface area contributed by atoms with E-state index in [1.165, 1.54) is 45.3 Å². The maximum Gasteiger partial charge on any atom is 0.00967 e. The Morgan fingerprint density at radius 1 is 0.947 bits per heavy atom. The molecule has 0 fully saturated rings. The summed E-state index contributed by atoms with van der Waals surface area (Å²) < 4.78 is 0. The molecule has 0 aliphatic rings. The van der Waals surface area contributed by atoms with Gasteiger partial charge in [0.25, 0.3) is 0 Å². The molecule has 0 bridgehead atoms. The van der Waals surface area contributed by atoms with E-state index in [-0.39, 0.29) is 5.54 Å². The van der Waals surface area contributed by atoms with Crippen molar-refractivity contribution in [1.29, 1.82) is 0 Å². The zero-order chi connectivity index (χ0) is 14.9. The lowest BCUT2D eigenvalue weighted by molar-refractivity contribution is 0.144. The first-order valence-electron chi connectivity index (χ1n) is 8.23. The molecule has 0 aromatic rings. The fourth-order valence-corrected chi connectivity index (χ4v) is 2.58. The third-order valence-electron chi connectivity index (χ3n) is 3.78. The van der Waals surface area contributed by atoms with Gasteiger partial charge in [0.05, 0.1) is 0 Å². The molecular formula is C17H38N2. The Morgan fingerprint density at radius 2 is 1.58 bits per heavy atom. The van der Waals surface area contributed by atoms with Gasteiger partial charge in [0.2, 0.25) is 0 Å². The minimum atomic E-state index is 0.218. The Bertz CT molecular complexity index is 220. The van der Waals surface area contributed by atoms with E-state index in [0.717, 1.165) is 6.54 Å². The van der Waals surface area contributed by atoms with Gasteiger partial charge in [-0.25, -0.2) is 0 Å². The largest absolute Gasteiger partial charge is 0.311 e. The molecular weight excluding hydrogens is 232 g/mol. The van der Waals surface area contributed by atoms with Crippen LogP contribution in [0.4, 0.5) is 0 Å². The predicted octanol–water partition coefficient (Wildman–Crippen LogP) is 4.30. The van der Waals surface area contributed by atoms with Crippen LogP contribution < -0.4 is 5.32 Å². The summed E-state index contributed by atoms with van der Waals surface area (Å²) in [6.45, 7) is 20.9.